The molecule has 4 rings (SSSR count). The van der Waals surface area contributed by atoms with Gasteiger partial charge in [-0.1, -0.05) is 36.8 Å². The highest BCUT2D eigenvalue weighted by molar-refractivity contribution is 7.17. The number of likely N-dealkylation sites (tertiary alicyclic amines) is 1. The molecule has 1 atom stereocenters. The quantitative estimate of drug-likeness (QED) is 0.664. The Labute approximate surface area is 168 Å². The highest BCUT2D eigenvalue weighted by atomic mass is 32.1. The molecule has 3 heterocycles. The van der Waals surface area contributed by atoms with Crippen molar-refractivity contribution in [3.8, 4) is 11.1 Å². The zero-order valence-electron chi connectivity index (χ0n) is 16.4. The second-order valence-electron chi connectivity index (χ2n) is 7.52. The minimum absolute atomic E-state index is 0.0157. The Kier molecular flexibility index (Phi) is 5.31. The van der Waals surface area contributed by atoms with Gasteiger partial charge in [0.05, 0.1) is 11.7 Å². The number of hydrogen-bond donors (Lipinski definition) is 0. The Morgan fingerprint density at radius 2 is 2.04 bits per heavy atom. The molecule has 0 unspecified atom stereocenters. The number of fused-ring (bicyclic) bond motifs is 1. The molecule has 2 aromatic heterocycles. The third-order valence-electron chi connectivity index (χ3n) is 5.65. The number of rotatable bonds is 4. The molecule has 0 aliphatic carbocycles. The van der Waals surface area contributed by atoms with Crippen molar-refractivity contribution in [2.75, 3.05) is 6.54 Å². The van der Waals surface area contributed by atoms with Gasteiger partial charge in [-0.15, -0.1) is 11.3 Å². The van der Waals surface area contributed by atoms with Crippen molar-refractivity contribution in [3.05, 3.63) is 51.9 Å². The first-order chi connectivity index (χ1) is 13.6. The van der Waals surface area contributed by atoms with Crippen LogP contribution in [0.2, 0.25) is 0 Å². The molecule has 0 saturated carbocycles. The molecule has 1 amide bonds. The summed E-state index contributed by atoms with van der Waals surface area (Å²) in [7, 11) is 0. The number of piperidine rings is 1. The van der Waals surface area contributed by atoms with Crippen LogP contribution < -0.4 is 5.56 Å². The number of aryl methyl sites for hydroxylation is 1. The Bertz CT molecular complexity index is 1050. The minimum atomic E-state index is -0.139. The molecule has 0 bridgehead atoms. The lowest BCUT2D eigenvalue weighted by Gasteiger charge is -2.35. The average Bonchev–Trinajstić information content (AvgIpc) is 3.15. The second kappa shape index (κ2) is 7.87. The van der Waals surface area contributed by atoms with Crippen molar-refractivity contribution in [3.63, 3.8) is 0 Å². The SMILES string of the molecule is CC[C@H]1CCCCN1C(=O)Cn1cnc2scc(-c3ccc(C)cc3)c2c1=O. The van der Waals surface area contributed by atoms with Crippen molar-refractivity contribution < 1.29 is 4.79 Å². The maximum Gasteiger partial charge on any atom is 0.263 e. The Morgan fingerprint density at radius 3 is 2.79 bits per heavy atom. The number of thiophene rings is 1. The molecule has 0 N–H and O–H groups in total. The zero-order chi connectivity index (χ0) is 19.7. The van der Waals surface area contributed by atoms with Gasteiger partial charge in [0.15, 0.2) is 0 Å². The van der Waals surface area contributed by atoms with E-state index in [9.17, 15) is 9.59 Å². The standard InChI is InChI=1S/C22H25N3O2S/c1-3-17-6-4-5-11-25(17)19(26)12-24-14-23-21-20(22(24)27)18(13-28-21)16-9-7-15(2)8-10-16/h7-10,13-14,17H,3-6,11-12H2,1-2H3/t17-/m0/s1. The molecule has 1 aliphatic heterocycles. The van der Waals surface area contributed by atoms with E-state index < -0.39 is 0 Å². The van der Waals surface area contributed by atoms with Crippen LogP contribution in [-0.2, 0) is 11.3 Å². The van der Waals surface area contributed by atoms with Crippen molar-refractivity contribution >= 4 is 27.5 Å². The van der Waals surface area contributed by atoms with E-state index in [1.54, 1.807) is 0 Å². The molecule has 1 saturated heterocycles. The fourth-order valence-electron chi connectivity index (χ4n) is 4.02. The Hall–Kier alpha value is -2.47. The monoisotopic (exact) mass is 395 g/mol. The maximum absolute atomic E-state index is 13.2. The summed E-state index contributed by atoms with van der Waals surface area (Å²) in [5.41, 5.74) is 2.93. The van der Waals surface area contributed by atoms with Gasteiger partial charge in [-0.3, -0.25) is 14.2 Å². The summed E-state index contributed by atoms with van der Waals surface area (Å²) in [4.78, 5) is 33.2. The fraction of sp³-hybridized carbons (Fsp3) is 0.409. The zero-order valence-corrected chi connectivity index (χ0v) is 17.2. The summed E-state index contributed by atoms with van der Waals surface area (Å²) in [5.74, 6) is 0.0157. The second-order valence-corrected chi connectivity index (χ2v) is 8.38. The summed E-state index contributed by atoms with van der Waals surface area (Å²) < 4.78 is 1.47. The van der Waals surface area contributed by atoms with Gasteiger partial charge in [0, 0.05) is 23.5 Å². The van der Waals surface area contributed by atoms with Crippen LogP contribution in [0.1, 0.15) is 38.2 Å². The number of hydrogen-bond acceptors (Lipinski definition) is 4. The molecule has 0 radical (unpaired) electrons. The van der Waals surface area contributed by atoms with Crippen molar-refractivity contribution in [2.45, 2.75) is 52.1 Å². The van der Waals surface area contributed by atoms with E-state index in [-0.39, 0.29) is 24.1 Å². The summed E-state index contributed by atoms with van der Waals surface area (Å²) in [6.45, 7) is 5.01. The van der Waals surface area contributed by atoms with E-state index in [2.05, 4.69) is 11.9 Å². The van der Waals surface area contributed by atoms with E-state index >= 15 is 0 Å². The smallest absolute Gasteiger partial charge is 0.263 e. The largest absolute Gasteiger partial charge is 0.338 e. The average molecular weight is 396 g/mol. The number of nitrogens with zero attached hydrogens (tertiary/aromatic N) is 3. The summed E-state index contributed by atoms with van der Waals surface area (Å²) >= 11 is 1.47. The van der Waals surface area contributed by atoms with Crippen LogP contribution in [-0.4, -0.2) is 32.9 Å². The van der Waals surface area contributed by atoms with E-state index in [0.717, 1.165) is 36.9 Å². The van der Waals surface area contributed by atoms with Crippen LogP contribution in [0.25, 0.3) is 21.3 Å². The molecule has 6 heteroatoms. The third-order valence-corrected chi connectivity index (χ3v) is 6.53. The van der Waals surface area contributed by atoms with Crippen LogP contribution >= 0.6 is 11.3 Å². The van der Waals surface area contributed by atoms with Crippen molar-refractivity contribution in [1.29, 1.82) is 0 Å². The number of carbonyl (C=O) groups excluding carboxylic acids is 1. The number of carbonyl (C=O) groups is 1. The first-order valence-electron chi connectivity index (χ1n) is 9.91. The van der Waals surface area contributed by atoms with Crippen molar-refractivity contribution in [2.24, 2.45) is 0 Å². The van der Waals surface area contributed by atoms with Gasteiger partial charge < -0.3 is 4.90 Å². The predicted molar refractivity (Wildman–Crippen MR) is 114 cm³/mol. The van der Waals surface area contributed by atoms with Gasteiger partial charge in [-0.2, -0.15) is 0 Å². The number of amides is 1. The number of aromatic nitrogens is 2. The van der Waals surface area contributed by atoms with Crippen molar-refractivity contribution in [1.82, 2.24) is 14.5 Å². The minimum Gasteiger partial charge on any atom is -0.338 e. The van der Waals surface area contributed by atoms with Crippen LogP contribution in [0.4, 0.5) is 0 Å². The third kappa shape index (κ3) is 3.49. The maximum atomic E-state index is 13.2. The van der Waals surface area contributed by atoms with E-state index in [0.29, 0.717) is 10.2 Å². The Morgan fingerprint density at radius 1 is 1.25 bits per heavy atom. The molecule has 28 heavy (non-hydrogen) atoms. The molecule has 0 spiro atoms. The molecular formula is C22H25N3O2S. The van der Waals surface area contributed by atoms with E-state index in [4.69, 9.17) is 0 Å². The summed E-state index contributed by atoms with van der Waals surface area (Å²) in [6.07, 6.45) is 5.74. The normalized spacial score (nSPS) is 17.2. The van der Waals surface area contributed by atoms with Crippen LogP contribution in [0.3, 0.4) is 0 Å². The lowest BCUT2D eigenvalue weighted by atomic mass is 10.00. The molecule has 1 aromatic carbocycles. The Balaban J connectivity index is 1.68. The highest BCUT2D eigenvalue weighted by Gasteiger charge is 2.26. The lowest BCUT2D eigenvalue weighted by Crippen LogP contribution is -2.45. The summed E-state index contributed by atoms with van der Waals surface area (Å²) in [5, 5.41) is 2.59. The van der Waals surface area contributed by atoms with Gasteiger partial charge in [0.2, 0.25) is 5.91 Å². The first kappa shape index (κ1) is 18.9. The molecule has 1 fully saturated rings. The van der Waals surface area contributed by atoms with E-state index in [1.807, 2.05) is 41.5 Å². The van der Waals surface area contributed by atoms with E-state index in [1.165, 1.54) is 34.2 Å². The fourth-order valence-corrected chi connectivity index (χ4v) is 4.92. The summed E-state index contributed by atoms with van der Waals surface area (Å²) in [6, 6.07) is 8.42. The molecule has 146 valence electrons. The topological polar surface area (TPSA) is 55.2 Å². The van der Waals surface area contributed by atoms with Gasteiger partial charge >= 0.3 is 0 Å². The molecule has 5 nitrogen and oxygen atoms in total. The lowest BCUT2D eigenvalue weighted by molar-refractivity contribution is -0.135. The van der Waals surface area contributed by atoms with Crippen LogP contribution in [0.5, 0.6) is 0 Å². The van der Waals surface area contributed by atoms with Gasteiger partial charge in [-0.05, 0) is 38.2 Å². The van der Waals surface area contributed by atoms with Gasteiger partial charge in [0.25, 0.3) is 5.56 Å². The first-order valence-corrected chi connectivity index (χ1v) is 10.8. The molecule has 3 aromatic rings. The predicted octanol–water partition coefficient (Wildman–Crippen LogP) is 4.22. The number of benzene rings is 1. The van der Waals surface area contributed by atoms with Crippen LogP contribution in [0.15, 0.2) is 40.8 Å². The van der Waals surface area contributed by atoms with Gasteiger partial charge in [0.1, 0.15) is 11.4 Å². The highest BCUT2D eigenvalue weighted by Crippen LogP contribution is 2.30. The molecular weight excluding hydrogens is 370 g/mol. The van der Waals surface area contributed by atoms with Gasteiger partial charge in [-0.25, -0.2) is 4.98 Å². The van der Waals surface area contributed by atoms with Crippen LogP contribution in [0, 0.1) is 6.92 Å². The molecule has 1 aliphatic rings.